The molecule has 53 heavy (non-hydrogen) atoms. The van der Waals surface area contributed by atoms with Gasteiger partial charge in [0.2, 0.25) is 0 Å². The molecule has 0 spiro atoms. The lowest BCUT2D eigenvalue weighted by atomic mass is 9.92. The van der Waals surface area contributed by atoms with Gasteiger partial charge in [0.05, 0.1) is 11.0 Å². The van der Waals surface area contributed by atoms with Crippen LogP contribution in [0.1, 0.15) is 0 Å². The predicted octanol–water partition coefficient (Wildman–Crippen LogP) is 14.4. The molecule has 0 N–H and O–H groups in total. The molecule has 0 bridgehead atoms. The number of benzene rings is 10. The summed E-state index contributed by atoms with van der Waals surface area (Å²) in [6, 6.07) is 69.8. The first-order valence-corrected chi connectivity index (χ1v) is 18.4. The second kappa shape index (κ2) is 10.8. The van der Waals surface area contributed by atoms with E-state index in [2.05, 4.69) is 193 Å². The standard InChI is InChI=1S/C52H31N/c1-2-9-39(10-3-1)53-50-16-7-6-13-44(50)49-31-48-38(30-51(49)53)22-21-37-29-35(23-24-41(37)48)32-17-18-34-28-36(20-19-33(34)27-32)40-25-26-47-43-12-5-4-11-42(43)46-15-8-14-45(40)52(46)47/h1-31H. The van der Waals surface area contributed by atoms with Crippen molar-refractivity contribution < 1.29 is 0 Å². The summed E-state index contributed by atoms with van der Waals surface area (Å²) in [5.41, 5.74) is 14.0. The highest BCUT2D eigenvalue weighted by Gasteiger charge is 2.22. The fourth-order valence-electron chi connectivity index (χ4n) is 9.22. The summed E-state index contributed by atoms with van der Waals surface area (Å²) in [4.78, 5) is 0. The van der Waals surface area contributed by atoms with E-state index in [0.29, 0.717) is 0 Å². The Hall–Kier alpha value is -6.96. The lowest BCUT2D eigenvalue weighted by Crippen LogP contribution is -1.93. The van der Waals surface area contributed by atoms with E-state index < -0.39 is 0 Å². The van der Waals surface area contributed by atoms with Crippen LogP contribution in [-0.4, -0.2) is 4.57 Å². The van der Waals surface area contributed by atoms with E-state index in [1.807, 2.05) is 0 Å². The van der Waals surface area contributed by atoms with Crippen LogP contribution in [0.4, 0.5) is 0 Å². The van der Waals surface area contributed by atoms with E-state index in [9.17, 15) is 0 Å². The molecule has 10 aromatic carbocycles. The van der Waals surface area contributed by atoms with Gasteiger partial charge in [-0.1, -0.05) is 140 Å². The maximum absolute atomic E-state index is 2.41. The maximum Gasteiger partial charge on any atom is 0.0547 e. The van der Waals surface area contributed by atoms with Crippen molar-refractivity contribution in [3.05, 3.63) is 188 Å². The minimum Gasteiger partial charge on any atom is -0.309 e. The van der Waals surface area contributed by atoms with E-state index in [0.717, 1.165) is 0 Å². The fraction of sp³-hybridized carbons (Fsp3) is 0. The van der Waals surface area contributed by atoms with Crippen LogP contribution in [0.15, 0.2) is 188 Å². The SMILES string of the molecule is c1ccc(-n2c3ccccc3c3cc4c(ccc5cc(-c6ccc7cc(-c8ccc9c%10c(cccc8%10)-c8ccccc8-9)ccc7c6)ccc54)cc32)cc1. The normalized spacial score (nSPS) is 12.2. The molecule has 1 heteroatoms. The Morgan fingerprint density at radius 2 is 0.849 bits per heavy atom. The Bertz CT molecular complexity index is 3300. The van der Waals surface area contributed by atoms with Gasteiger partial charge in [-0.2, -0.15) is 0 Å². The summed E-state index contributed by atoms with van der Waals surface area (Å²) >= 11 is 0. The molecule has 0 atom stereocenters. The van der Waals surface area contributed by atoms with E-state index >= 15 is 0 Å². The minimum atomic E-state index is 1.18. The highest BCUT2D eigenvalue weighted by molar-refractivity contribution is 6.20. The van der Waals surface area contributed by atoms with Crippen molar-refractivity contribution in [2.24, 2.45) is 0 Å². The topological polar surface area (TPSA) is 4.93 Å². The monoisotopic (exact) mass is 669 g/mol. The van der Waals surface area contributed by atoms with Gasteiger partial charge < -0.3 is 4.57 Å². The average Bonchev–Trinajstić information content (AvgIpc) is 3.73. The summed E-state index contributed by atoms with van der Waals surface area (Å²) in [5, 5.41) is 12.8. The number of aromatic nitrogens is 1. The quantitative estimate of drug-likeness (QED) is 0.165. The first kappa shape index (κ1) is 28.7. The summed E-state index contributed by atoms with van der Waals surface area (Å²) in [7, 11) is 0. The van der Waals surface area contributed by atoms with E-state index in [1.54, 1.807) is 0 Å². The molecule has 244 valence electrons. The molecule has 0 radical (unpaired) electrons. The van der Waals surface area contributed by atoms with E-state index in [4.69, 9.17) is 0 Å². The van der Waals surface area contributed by atoms with Crippen LogP contribution in [-0.2, 0) is 0 Å². The molecule has 0 aliphatic heterocycles. The molecule has 1 aromatic heterocycles. The number of hydrogen-bond acceptors (Lipinski definition) is 0. The fourth-order valence-corrected chi connectivity index (χ4v) is 9.22. The van der Waals surface area contributed by atoms with Crippen molar-refractivity contribution in [2.45, 2.75) is 0 Å². The second-order valence-electron chi connectivity index (χ2n) is 14.5. The molecule has 12 rings (SSSR count). The van der Waals surface area contributed by atoms with Gasteiger partial charge in [0, 0.05) is 16.5 Å². The largest absolute Gasteiger partial charge is 0.309 e. The van der Waals surface area contributed by atoms with Gasteiger partial charge in [0.25, 0.3) is 0 Å². The molecule has 0 fully saturated rings. The lowest BCUT2D eigenvalue weighted by molar-refractivity contribution is 1.18. The summed E-state index contributed by atoms with van der Waals surface area (Å²) in [6.07, 6.45) is 0. The Morgan fingerprint density at radius 3 is 1.68 bits per heavy atom. The smallest absolute Gasteiger partial charge is 0.0547 e. The lowest BCUT2D eigenvalue weighted by Gasteiger charge is -2.12. The van der Waals surface area contributed by atoms with Gasteiger partial charge >= 0.3 is 0 Å². The highest BCUT2D eigenvalue weighted by atomic mass is 15.0. The van der Waals surface area contributed by atoms with Crippen LogP contribution in [0.25, 0.3) is 115 Å². The number of rotatable bonds is 3. The molecule has 0 saturated carbocycles. The summed E-state index contributed by atoms with van der Waals surface area (Å²) in [5.74, 6) is 0. The van der Waals surface area contributed by atoms with Gasteiger partial charge in [0.1, 0.15) is 0 Å². The number of para-hydroxylation sites is 2. The Morgan fingerprint density at radius 1 is 0.264 bits per heavy atom. The van der Waals surface area contributed by atoms with Gasteiger partial charge in [-0.25, -0.2) is 0 Å². The third-order valence-corrected chi connectivity index (χ3v) is 11.7. The molecule has 1 nitrogen and oxygen atoms in total. The zero-order valence-electron chi connectivity index (χ0n) is 28.8. The van der Waals surface area contributed by atoms with Crippen molar-refractivity contribution in [3.8, 4) is 50.2 Å². The van der Waals surface area contributed by atoms with Crippen LogP contribution in [0.2, 0.25) is 0 Å². The van der Waals surface area contributed by atoms with Crippen molar-refractivity contribution in [1.29, 1.82) is 0 Å². The number of nitrogens with zero attached hydrogens (tertiary/aromatic N) is 1. The van der Waals surface area contributed by atoms with Gasteiger partial charge in [-0.05, 0) is 136 Å². The summed E-state index contributed by atoms with van der Waals surface area (Å²) < 4.78 is 2.39. The Balaban J connectivity index is 0.941. The van der Waals surface area contributed by atoms with Gasteiger partial charge in [-0.15, -0.1) is 0 Å². The van der Waals surface area contributed by atoms with Gasteiger partial charge in [0.15, 0.2) is 0 Å². The first-order valence-electron chi connectivity index (χ1n) is 18.4. The number of fused-ring (bicyclic) bond motifs is 10. The summed E-state index contributed by atoms with van der Waals surface area (Å²) in [6.45, 7) is 0. The van der Waals surface area contributed by atoms with Crippen molar-refractivity contribution in [3.63, 3.8) is 0 Å². The van der Waals surface area contributed by atoms with Crippen LogP contribution in [0, 0.1) is 0 Å². The van der Waals surface area contributed by atoms with E-state index in [1.165, 1.54) is 115 Å². The number of hydrogen-bond donors (Lipinski definition) is 0. The molecule has 1 heterocycles. The molecular formula is C52H31N. The second-order valence-corrected chi connectivity index (χ2v) is 14.5. The van der Waals surface area contributed by atoms with Crippen LogP contribution < -0.4 is 0 Å². The maximum atomic E-state index is 2.41. The Kier molecular flexibility index (Phi) is 5.84. The molecule has 0 amide bonds. The molecule has 0 unspecified atom stereocenters. The van der Waals surface area contributed by atoms with Gasteiger partial charge in [-0.3, -0.25) is 0 Å². The van der Waals surface area contributed by atoms with Crippen molar-refractivity contribution >= 4 is 64.9 Å². The average molecular weight is 670 g/mol. The van der Waals surface area contributed by atoms with Crippen molar-refractivity contribution in [2.75, 3.05) is 0 Å². The predicted molar refractivity (Wildman–Crippen MR) is 226 cm³/mol. The molecule has 1 aliphatic rings. The van der Waals surface area contributed by atoms with Crippen LogP contribution >= 0.6 is 0 Å². The van der Waals surface area contributed by atoms with Crippen LogP contribution in [0.5, 0.6) is 0 Å². The zero-order valence-corrected chi connectivity index (χ0v) is 28.8. The molecule has 11 aromatic rings. The third-order valence-electron chi connectivity index (χ3n) is 11.7. The zero-order chi connectivity index (χ0) is 34.6. The molecule has 0 saturated heterocycles. The third kappa shape index (κ3) is 4.14. The van der Waals surface area contributed by atoms with E-state index in [-0.39, 0.29) is 0 Å². The van der Waals surface area contributed by atoms with Crippen molar-refractivity contribution in [1.82, 2.24) is 4.57 Å². The first-order chi connectivity index (χ1) is 26.3. The molecule has 1 aliphatic carbocycles. The van der Waals surface area contributed by atoms with Crippen LogP contribution in [0.3, 0.4) is 0 Å². The highest BCUT2D eigenvalue weighted by Crippen LogP contribution is 2.49. The molecular weight excluding hydrogens is 639 g/mol. The minimum absolute atomic E-state index is 1.18. The Labute approximate surface area is 306 Å².